The zero-order chi connectivity index (χ0) is 27.3. The number of benzene rings is 3. The summed E-state index contributed by atoms with van der Waals surface area (Å²) < 4.78 is 11.0. The molecule has 0 fully saturated rings. The van der Waals surface area contributed by atoms with Crippen LogP contribution in [0.15, 0.2) is 78.4 Å². The van der Waals surface area contributed by atoms with Crippen molar-refractivity contribution in [3.63, 3.8) is 0 Å². The van der Waals surface area contributed by atoms with E-state index in [1.54, 1.807) is 60.7 Å². The average molecular weight is 550 g/mol. The molecule has 0 spiro atoms. The summed E-state index contributed by atoms with van der Waals surface area (Å²) in [6, 6.07) is 21.9. The largest absolute Gasteiger partial charge is 0.462 e. The van der Waals surface area contributed by atoms with E-state index in [2.05, 4.69) is 6.92 Å². The average Bonchev–Trinajstić information content (AvgIpc) is 2.91. The third-order valence-electron chi connectivity index (χ3n) is 5.83. The molecule has 7 heteroatoms. The second-order valence-electron chi connectivity index (χ2n) is 8.67. The Labute approximate surface area is 233 Å². The van der Waals surface area contributed by atoms with Gasteiger partial charge in [-0.3, -0.25) is 0 Å². The summed E-state index contributed by atoms with van der Waals surface area (Å²) in [5, 5.41) is 10.9. The number of halogens is 2. The highest BCUT2D eigenvalue weighted by atomic mass is 35.5. The Hall–Kier alpha value is -3.59. The van der Waals surface area contributed by atoms with E-state index in [1.165, 1.54) is 31.4 Å². The Balaban J connectivity index is 1.86. The number of rotatable bonds is 12. The van der Waals surface area contributed by atoms with Crippen molar-refractivity contribution in [1.82, 2.24) is 0 Å². The molecule has 0 aliphatic heterocycles. The number of ether oxygens (including phenoxy) is 2. The van der Waals surface area contributed by atoms with E-state index in [1.807, 2.05) is 6.07 Å². The summed E-state index contributed by atoms with van der Waals surface area (Å²) in [5.74, 6) is -1.50. The number of para-hydroxylation sites is 1. The normalized spacial score (nSPS) is 10.4. The number of unbranched alkanes of at least 4 members (excludes halogenated alkanes) is 5. The van der Waals surface area contributed by atoms with Crippen molar-refractivity contribution in [1.29, 1.82) is 5.26 Å². The van der Waals surface area contributed by atoms with Crippen LogP contribution in [-0.2, 0) is 9.53 Å². The predicted octanol–water partition coefficient (Wildman–Crippen LogP) is 8.44. The molecule has 3 aromatic carbocycles. The fourth-order valence-electron chi connectivity index (χ4n) is 3.95. The number of carbonyl (C=O) groups is 2. The van der Waals surface area contributed by atoms with Crippen LogP contribution in [0, 0.1) is 11.3 Å². The second-order valence-corrected chi connectivity index (χ2v) is 9.54. The molecule has 0 amide bonds. The number of nitriles is 1. The smallest absolute Gasteiger partial charge is 0.354 e. The van der Waals surface area contributed by atoms with Gasteiger partial charge in [0.15, 0.2) is 0 Å². The highest BCUT2D eigenvalue weighted by Crippen LogP contribution is 2.31. The van der Waals surface area contributed by atoms with Gasteiger partial charge in [-0.2, -0.15) is 5.26 Å². The quantitative estimate of drug-likeness (QED) is 0.0744. The maximum Gasteiger partial charge on any atom is 0.354 e. The third-order valence-corrected chi connectivity index (χ3v) is 6.30. The van der Waals surface area contributed by atoms with Gasteiger partial charge < -0.3 is 9.47 Å². The minimum Gasteiger partial charge on any atom is -0.462 e. The molecule has 0 saturated carbocycles. The van der Waals surface area contributed by atoms with Crippen LogP contribution in [0.4, 0.5) is 0 Å². The monoisotopic (exact) mass is 549 g/mol. The van der Waals surface area contributed by atoms with E-state index in [-0.39, 0.29) is 23.5 Å². The van der Waals surface area contributed by atoms with Crippen LogP contribution in [0.25, 0.3) is 5.57 Å². The van der Waals surface area contributed by atoms with E-state index in [9.17, 15) is 14.9 Å². The molecule has 0 unspecified atom stereocenters. The Kier molecular flexibility index (Phi) is 11.4. The molecule has 5 nitrogen and oxygen atoms in total. The van der Waals surface area contributed by atoms with E-state index < -0.39 is 11.9 Å². The lowest BCUT2D eigenvalue weighted by atomic mass is 9.93. The van der Waals surface area contributed by atoms with Crippen LogP contribution in [0.1, 0.15) is 66.9 Å². The van der Waals surface area contributed by atoms with Gasteiger partial charge in [-0.05, 0) is 53.9 Å². The molecule has 0 saturated heterocycles. The standard InChI is InChI=1S/C31H29Cl2NO4/c1-2-3-4-5-6-9-18-37-30(35)26-16-7-8-17-28(26)38-31(36)27(21-34)29(22-12-10-14-24(32)19-22)23-13-11-15-25(33)20-23/h7-8,10-17,19-20H,2-6,9,18H2,1H3. The zero-order valence-corrected chi connectivity index (χ0v) is 22.7. The Bertz CT molecular complexity index is 1300. The van der Waals surface area contributed by atoms with Gasteiger partial charge in [0, 0.05) is 15.6 Å². The lowest BCUT2D eigenvalue weighted by Gasteiger charge is -2.14. The first kappa shape index (κ1) is 29.0. The lowest BCUT2D eigenvalue weighted by molar-refractivity contribution is -0.129. The third kappa shape index (κ3) is 8.21. The minimum absolute atomic E-state index is 0.00901. The number of nitrogens with zero attached hydrogens (tertiary/aromatic N) is 1. The van der Waals surface area contributed by atoms with Gasteiger partial charge >= 0.3 is 11.9 Å². The summed E-state index contributed by atoms with van der Waals surface area (Å²) in [7, 11) is 0. The van der Waals surface area contributed by atoms with Crippen molar-refractivity contribution in [2.24, 2.45) is 0 Å². The minimum atomic E-state index is -0.918. The molecule has 0 aromatic heterocycles. The van der Waals surface area contributed by atoms with Gasteiger partial charge in [-0.25, -0.2) is 9.59 Å². The highest BCUT2D eigenvalue weighted by Gasteiger charge is 2.23. The molecule has 0 N–H and O–H groups in total. The Morgan fingerprint density at radius 1 is 0.816 bits per heavy atom. The highest BCUT2D eigenvalue weighted by molar-refractivity contribution is 6.31. The molecule has 3 rings (SSSR count). The molecule has 0 aliphatic carbocycles. The molecule has 0 bridgehead atoms. The molecular weight excluding hydrogens is 521 g/mol. The molecule has 0 heterocycles. The first-order chi connectivity index (χ1) is 18.4. The molecule has 0 atom stereocenters. The molecule has 3 aromatic rings. The van der Waals surface area contributed by atoms with Crippen molar-refractivity contribution in [2.45, 2.75) is 45.4 Å². The van der Waals surface area contributed by atoms with Gasteiger partial charge in [0.25, 0.3) is 0 Å². The number of esters is 2. The maximum absolute atomic E-state index is 13.3. The van der Waals surface area contributed by atoms with Crippen LogP contribution in [0.5, 0.6) is 5.75 Å². The van der Waals surface area contributed by atoms with E-state index >= 15 is 0 Å². The van der Waals surface area contributed by atoms with E-state index in [0.29, 0.717) is 26.7 Å². The van der Waals surface area contributed by atoms with Crippen LogP contribution >= 0.6 is 23.2 Å². The number of carbonyl (C=O) groups excluding carboxylic acids is 2. The van der Waals surface area contributed by atoms with Crippen molar-refractivity contribution < 1.29 is 19.1 Å². The van der Waals surface area contributed by atoms with Crippen LogP contribution in [0.3, 0.4) is 0 Å². The lowest BCUT2D eigenvalue weighted by Crippen LogP contribution is -2.16. The van der Waals surface area contributed by atoms with Crippen LogP contribution in [-0.4, -0.2) is 18.5 Å². The molecule has 38 heavy (non-hydrogen) atoms. The van der Waals surface area contributed by atoms with Crippen molar-refractivity contribution in [2.75, 3.05) is 6.61 Å². The summed E-state index contributed by atoms with van der Waals surface area (Å²) in [6.45, 7) is 2.45. The van der Waals surface area contributed by atoms with E-state index in [4.69, 9.17) is 32.7 Å². The SMILES string of the molecule is CCCCCCCCOC(=O)c1ccccc1OC(=O)C(C#N)=C(c1cccc(Cl)c1)c1cccc(Cl)c1. The molecule has 0 aliphatic rings. The van der Waals surface area contributed by atoms with Crippen LogP contribution in [0.2, 0.25) is 10.0 Å². The topological polar surface area (TPSA) is 76.4 Å². The van der Waals surface area contributed by atoms with E-state index in [0.717, 1.165) is 19.3 Å². The first-order valence-electron chi connectivity index (χ1n) is 12.6. The van der Waals surface area contributed by atoms with Crippen molar-refractivity contribution in [3.05, 3.63) is 105 Å². The van der Waals surface area contributed by atoms with Gasteiger partial charge in [-0.15, -0.1) is 0 Å². The zero-order valence-electron chi connectivity index (χ0n) is 21.2. The Morgan fingerprint density at radius 3 is 2.03 bits per heavy atom. The summed E-state index contributed by atoms with van der Waals surface area (Å²) in [4.78, 5) is 26.1. The summed E-state index contributed by atoms with van der Waals surface area (Å²) in [5.41, 5.74) is 1.24. The molecular formula is C31H29Cl2NO4. The fraction of sp³-hybridized carbons (Fsp3) is 0.258. The van der Waals surface area contributed by atoms with Gasteiger partial charge in [-0.1, -0.05) is 98.6 Å². The first-order valence-corrected chi connectivity index (χ1v) is 13.3. The summed E-state index contributed by atoms with van der Waals surface area (Å²) >= 11 is 12.4. The van der Waals surface area contributed by atoms with Crippen molar-refractivity contribution >= 4 is 40.7 Å². The predicted molar refractivity (Wildman–Crippen MR) is 150 cm³/mol. The number of hydrogen-bond donors (Lipinski definition) is 0. The molecule has 196 valence electrons. The van der Waals surface area contributed by atoms with Gasteiger partial charge in [0.1, 0.15) is 23.0 Å². The Morgan fingerprint density at radius 2 is 1.42 bits per heavy atom. The van der Waals surface area contributed by atoms with Gasteiger partial charge in [0.2, 0.25) is 0 Å². The maximum atomic E-state index is 13.3. The van der Waals surface area contributed by atoms with Crippen LogP contribution < -0.4 is 4.74 Å². The number of hydrogen-bond acceptors (Lipinski definition) is 5. The fourth-order valence-corrected chi connectivity index (χ4v) is 4.33. The molecule has 0 radical (unpaired) electrons. The summed E-state index contributed by atoms with van der Waals surface area (Å²) in [6.07, 6.45) is 6.40. The van der Waals surface area contributed by atoms with Crippen molar-refractivity contribution in [3.8, 4) is 11.8 Å². The second kappa shape index (κ2) is 15.0. The van der Waals surface area contributed by atoms with Gasteiger partial charge in [0.05, 0.1) is 6.61 Å².